The zero-order valence-electron chi connectivity index (χ0n) is 13.8. The molecule has 8 heteroatoms. The van der Waals surface area contributed by atoms with Crippen LogP contribution in [0.3, 0.4) is 0 Å². The van der Waals surface area contributed by atoms with Gasteiger partial charge in [0.2, 0.25) is 0 Å². The fourth-order valence-corrected chi connectivity index (χ4v) is 4.21. The highest BCUT2D eigenvalue weighted by molar-refractivity contribution is 7.89. The molecule has 1 aliphatic rings. The summed E-state index contributed by atoms with van der Waals surface area (Å²) < 4.78 is 34.7. The molecule has 1 aliphatic heterocycles. The molecule has 130 valence electrons. The average Bonchev–Trinajstić information content (AvgIpc) is 3.01. The van der Waals surface area contributed by atoms with Crippen LogP contribution in [0.4, 0.5) is 0 Å². The van der Waals surface area contributed by atoms with Crippen LogP contribution in [0.2, 0.25) is 0 Å². The van der Waals surface area contributed by atoms with Crippen molar-refractivity contribution < 1.29 is 13.2 Å². The van der Waals surface area contributed by atoms with E-state index in [1.165, 1.54) is 16.9 Å². The number of aromatic nitrogens is 2. The molecule has 3 rings (SSSR count). The van der Waals surface area contributed by atoms with Crippen molar-refractivity contribution in [2.75, 3.05) is 26.7 Å². The molecule has 0 unspecified atom stereocenters. The van der Waals surface area contributed by atoms with Gasteiger partial charge < -0.3 is 4.74 Å². The third-order valence-corrected chi connectivity index (χ3v) is 5.77. The number of morpholine rings is 1. The standard InChI is InChI=1S/C16H22N4O3S/c1-19-10-11-23-14(16(19)13-6-4-3-5-7-13)12-18-24(21,22)15-8-9-17-20(15)2/h3-9,14,16,18H,10-12H2,1-2H3/t14-,16-/m0/s1. The van der Waals surface area contributed by atoms with E-state index < -0.39 is 10.0 Å². The fraction of sp³-hybridized carbons (Fsp3) is 0.438. The van der Waals surface area contributed by atoms with Crippen LogP contribution in [0.15, 0.2) is 47.6 Å². The van der Waals surface area contributed by atoms with E-state index in [1.54, 1.807) is 7.05 Å². The van der Waals surface area contributed by atoms with E-state index in [0.29, 0.717) is 6.61 Å². The predicted octanol–water partition coefficient (Wildman–Crippen LogP) is 0.770. The highest BCUT2D eigenvalue weighted by Gasteiger charge is 2.32. The van der Waals surface area contributed by atoms with Gasteiger partial charge in [0, 0.05) is 20.1 Å². The van der Waals surface area contributed by atoms with Crippen molar-refractivity contribution in [3.05, 3.63) is 48.2 Å². The molecular formula is C16H22N4O3S. The van der Waals surface area contributed by atoms with Crippen LogP contribution in [0, 0.1) is 0 Å². The Morgan fingerprint density at radius 1 is 1.25 bits per heavy atom. The predicted molar refractivity (Wildman–Crippen MR) is 89.9 cm³/mol. The number of ether oxygens (including phenoxy) is 1. The lowest BCUT2D eigenvalue weighted by molar-refractivity contribution is -0.0592. The maximum atomic E-state index is 12.4. The summed E-state index contributed by atoms with van der Waals surface area (Å²) in [4.78, 5) is 2.20. The van der Waals surface area contributed by atoms with E-state index in [-0.39, 0.29) is 23.7 Å². The van der Waals surface area contributed by atoms with Crippen LogP contribution >= 0.6 is 0 Å². The number of nitrogens with one attached hydrogen (secondary N) is 1. The van der Waals surface area contributed by atoms with Gasteiger partial charge >= 0.3 is 0 Å². The maximum Gasteiger partial charge on any atom is 0.257 e. The zero-order chi connectivity index (χ0) is 17.2. The Balaban J connectivity index is 1.76. The molecule has 1 aromatic heterocycles. The molecule has 2 aromatic rings. The van der Waals surface area contributed by atoms with Crippen LogP contribution in [0.25, 0.3) is 0 Å². The van der Waals surface area contributed by atoms with Crippen molar-refractivity contribution in [2.45, 2.75) is 17.2 Å². The number of rotatable bonds is 5. The molecule has 0 radical (unpaired) electrons. The topological polar surface area (TPSA) is 76.5 Å². The maximum absolute atomic E-state index is 12.4. The molecule has 2 atom stereocenters. The monoisotopic (exact) mass is 350 g/mol. The van der Waals surface area contributed by atoms with Crippen LogP contribution in [-0.2, 0) is 21.8 Å². The number of nitrogens with zero attached hydrogens (tertiary/aromatic N) is 3. The zero-order valence-corrected chi connectivity index (χ0v) is 14.6. The Morgan fingerprint density at radius 2 is 2.00 bits per heavy atom. The van der Waals surface area contributed by atoms with Crippen molar-refractivity contribution in [1.29, 1.82) is 0 Å². The molecule has 0 spiro atoms. The highest BCUT2D eigenvalue weighted by Crippen LogP contribution is 2.28. The second kappa shape index (κ2) is 7.02. The second-order valence-corrected chi connectivity index (χ2v) is 7.60. The first-order chi connectivity index (χ1) is 11.5. The van der Waals surface area contributed by atoms with Crippen molar-refractivity contribution in [2.24, 2.45) is 7.05 Å². The molecule has 2 heterocycles. The normalized spacial score (nSPS) is 22.6. The summed E-state index contributed by atoms with van der Waals surface area (Å²) in [5.41, 5.74) is 1.12. The number of sulfonamides is 1. The molecule has 1 aromatic carbocycles. The molecule has 0 bridgehead atoms. The van der Waals surface area contributed by atoms with Gasteiger partial charge in [0.15, 0.2) is 5.03 Å². The van der Waals surface area contributed by atoms with E-state index in [1.807, 2.05) is 37.4 Å². The lowest BCUT2D eigenvalue weighted by Crippen LogP contribution is -2.48. The largest absolute Gasteiger partial charge is 0.374 e. The first-order valence-electron chi connectivity index (χ1n) is 7.83. The fourth-order valence-electron chi connectivity index (χ4n) is 3.04. The van der Waals surface area contributed by atoms with E-state index in [0.717, 1.165) is 12.1 Å². The smallest absolute Gasteiger partial charge is 0.257 e. The number of hydrogen-bond donors (Lipinski definition) is 1. The van der Waals surface area contributed by atoms with Crippen molar-refractivity contribution in [3.63, 3.8) is 0 Å². The van der Waals surface area contributed by atoms with E-state index in [9.17, 15) is 8.42 Å². The van der Waals surface area contributed by atoms with E-state index >= 15 is 0 Å². The van der Waals surface area contributed by atoms with Gasteiger partial charge in [0.05, 0.1) is 24.9 Å². The quantitative estimate of drug-likeness (QED) is 0.862. The van der Waals surface area contributed by atoms with Crippen molar-refractivity contribution in [3.8, 4) is 0 Å². The molecule has 1 fully saturated rings. The van der Waals surface area contributed by atoms with Crippen LogP contribution in [-0.4, -0.2) is 55.9 Å². The van der Waals surface area contributed by atoms with Gasteiger partial charge in [-0.2, -0.15) is 5.10 Å². The Labute approximate surface area is 142 Å². The first kappa shape index (κ1) is 17.1. The minimum atomic E-state index is -3.62. The van der Waals surface area contributed by atoms with Gasteiger partial charge in [-0.25, -0.2) is 13.1 Å². The Kier molecular flexibility index (Phi) is 5.00. The van der Waals surface area contributed by atoms with Gasteiger partial charge in [-0.1, -0.05) is 30.3 Å². The summed E-state index contributed by atoms with van der Waals surface area (Å²) in [7, 11) is 0.0158. The molecule has 1 saturated heterocycles. The van der Waals surface area contributed by atoms with Gasteiger partial charge in [-0.3, -0.25) is 9.58 Å². The van der Waals surface area contributed by atoms with E-state index in [4.69, 9.17) is 4.74 Å². The molecule has 7 nitrogen and oxygen atoms in total. The van der Waals surface area contributed by atoms with Gasteiger partial charge in [0.25, 0.3) is 10.0 Å². The lowest BCUT2D eigenvalue weighted by atomic mass is 9.99. The van der Waals surface area contributed by atoms with Gasteiger partial charge in [-0.15, -0.1) is 0 Å². The SMILES string of the molecule is CN1CCO[C@@H](CNS(=O)(=O)c2ccnn2C)[C@@H]1c1ccccc1. The number of likely N-dealkylation sites (N-methyl/N-ethyl adjacent to an activating group) is 1. The Bertz CT molecular complexity index is 776. The first-order valence-corrected chi connectivity index (χ1v) is 9.32. The van der Waals surface area contributed by atoms with Gasteiger partial charge in [0.1, 0.15) is 0 Å². The summed E-state index contributed by atoms with van der Waals surface area (Å²) in [6.45, 7) is 1.60. The molecule has 0 saturated carbocycles. The minimum Gasteiger partial charge on any atom is -0.374 e. The van der Waals surface area contributed by atoms with Crippen molar-refractivity contribution in [1.82, 2.24) is 19.4 Å². The highest BCUT2D eigenvalue weighted by atomic mass is 32.2. The number of aryl methyl sites for hydroxylation is 1. The van der Waals surface area contributed by atoms with Crippen molar-refractivity contribution >= 4 is 10.0 Å². The number of benzene rings is 1. The van der Waals surface area contributed by atoms with Gasteiger partial charge in [-0.05, 0) is 18.7 Å². The third kappa shape index (κ3) is 3.51. The molecular weight excluding hydrogens is 328 g/mol. The third-order valence-electron chi connectivity index (χ3n) is 4.27. The van der Waals surface area contributed by atoms with Crippen LogP contribution < -0.4 is 4.72 Å². The molecule has 1 N–H and O–H groups in total. The average molecular weight is 350 g/mol. The van der Waals surface area contributed by atoms with Crippen LogP contribution in [0.1, 0.15) is 11.6 Å². The Morgan fingerprint density at radius 3 is 2.67 bits per heavy atom. The van der Waals surface area contributed by atoms with Crippen LogP contribution in [0.5, 0.6) is 0 Å². The summed E-state index contributed by atoms with van der Waals surface area (Å²) in [5.74, 6) is 0. The lowest BCUT2D eigenvalue weighted by Gasteiger charge is -2.39. The second-order valence-electron chi connectivity index (χ2n) is 5.89. The molecule has 24 heavy (non-hydrogen) atoms. The summed E-state index contributed by atoms with van der Waals surface area (Å²) >= 11 is 0. The number of hydrogen-bond acceptors (Lipinski definition) is 5. The molecule has 0 aliphatic carbocycles. The Hall–Kier alpha value is -1.74. The summed E-state index contributed by atoms with van der Waals surface area (Å²) in [6.07, 6.45) is 1.21. The van der Waals surface area contributed by atoms with E-state index in [2.05, 4.69) is 14.7 Å². The summed E-state index contributed by atoms with van der Waals surface area (Å²) in [5, 5.41) is 4.05. The minimum absolute atomic E-state index is 0.00851. The molecule has 0 amide bonds. The summed E-state index contributed by atoms with van der Waals surface area (Å²) in [6, 6.07) is 11.5.